The molecule has 1 rings (SSSR count). The summed E-state index contributed by atoms with van der Waals surface area (Å²) in [4.78, 5) is 15.9. The molecule has 7 heteroatoms. The van der Waals surface area contributed by atoms with Gasteiger partial charge in [-0.25, -0.2) is 4.98 Å². The van der Waals surface area contributed by atoms with Gasteiger partial charge in [0.15, 0.2) is 11.4 Å². The van der Waals surface area contributed by atoms with Crippen molar-refractivity contribution < 1.29 is 9.53 Å². The molecule has 0 aliphatic carbocycles. The first kappa shape index (κ1) is 20.3. The van der Waals surface area contributed by atoms with Crippen molar-refractivity contribution >= 4 is 30.7 Å². The third-order valence-corrected chi connectivity index (χ3v) is 2.08. The fourth-order valence-electron chi connectivity index (χ4n) is 1.26. The largest absolute Gasteiger partial charge is 0.489 e. The highest BCUT2D eigenvalue weighted by Gasteiger charge is 2.16. The molecule has 1 amide bonds. The molecule has 0 bridgehead atoms. The molecule has 0 radical (unpaired) electrons. The number of nitrogens with two attached hydrogens (primary N) is 1. The lowest BCUT2D eigenvalue weighted by Gasteiger charge is -2.15. The van der Waals surface area contributed by atoms with E-state index in [1.165, 1.54) is 0 Å². The maximum absolute atomic E-state index is 11.9. The highest BCUT2D eigenvalue weighted by Crippen LogP contribution is 2.16. The first-order valence-electron chi connectivity index (χ1n) is 5.67. The Labute approximate surface area is 126 Å². The minimum absolute atomic E-state index is 0. The number of rotatable bonds is 5. The number of ether oxygens (including phenoxy) is 1. The van der Waals surface area contributed by atoms with E-state index in [9.17, 15) is 4.79 Å². The van der Waals surface area contributed by atoms with Crippen LogP contribution in [-0.2, 0) is 0 Å². The van der Waals surface area contributed by atoms with E-state index in [1.54, 1.807) is 18.3 Å². The van der Waals surface area contributed by atoms with Crippen LogP contribution in [0.1, 0.15) is 31.3 Å². The van der Waals surface area contributed by atoms with Gasteiger partial charge in [-0.2, -0.15) is 0 Å². The molecule has 0 saturated heterocycles. The number of amides is 1. The fourth-order valence-corrected chi connectivity index (χ4v) is 1.26. The van der Waals surface area contributed by atoms with E-state index in [0.717, 1.165) is 0 Å². The van der Waals surface area contributed by atoms with Gasteiger partial charge in [0, 0.05) is 18.8 Å². The van der Waals surface area contributed by atoms with E-state index in [-0.39, 0.29) is 42.9 Å². The van der Waals surface area contributed by atoms with E-state index < -0.39 is 0 Å². The molecule has 0 aliphatic heterocycles. The summed E-state index contributed by atoms with van der Waals surface area (Å²) in [6, 6.07) is 3.38. The van der Waals surface area contributed by atoms with Crippen LogP contribution in [0.4, 0.5) is 0 Å². The second kappa shape index (κ2) is 9.83. The average Bonchev–Trinajstić information content (AvgIpc) is 2.28. The zero-order valence-electron chi connectivity index (χ0n) is 11.3. The molecule has 1 atom stereocenters. The number of carbonyl (C=O) groups excluding carboxylic acids is 1. The minimum atomic E-state index is -0.265. The van der Waals surface area contributed by atoms with Crippen LogP contribution >= 0.6 is 24.8 Å². The number of carbonyl (C=O) groups is 1. The average molecular weight is 310 g/mol. The number of pyridine rings is 1. The predicted molar refractivity (Wildman–Crippen MR) is 80.5 cm³/mol. The molecule has 0 spiro atoms. The quantitative estimate of drug-likeness (QED) is 0.869. The van der Waals surface area contributed by atoms with Gasteiger partial charge in [0.05, 0.1) is 6.10 Å². The van der Waals surface area contributed by atoms with Gasteiger partial charge < -0.3 is 15.8 Å². The van der Waals surface area contributed by atoms with Crippen molar-refractivity contribution in [3.8, 4) is 5.75 Å². The molecule has 0 unspecified atom stereocenters. The van der Waals surface area contributed by atoms with Crippen LogP contribution in [0.25, 0.3) is 0 Å². The molecule has 0 saturated carbocycles. The monoisotopic (exact) mass is 309 g/mol. The van der Waals surface area contributed by atoms with E-state index in [0.29, 0.717) is 18.0 Å². The Hall–Kier alpha value is -1.04. The highest BCUT2D eigenvalue weighted by atomic mass is 35.5. The molecular weight excluding hydrogens is 289 g/mol. The summed E-state index contributed by atoms with van der Waals surface area (Å²) in [5.74, 6) is 0.225. The van der Waals surface area contributed by atoms with Gasteiger partial charge in [-0.15, -0.1) is 24.8 Å². The van der Waals surface area contributed by atoms with Crippen molar-refractivity contribution in [1.29, 1.82) is 0 Å². The Bertz CT molecular complexity index is 389. The van der Waals surface area contributed by atoms with Crippen LogP contribution in [0, 0.1) is 0 Å². The maximum atomic E-state index is 11.9. The minimum Gasteiger partial charge on any atom is -0.489 e. The number of aromatic nitrogens is 1. The van der Waals surface area contributed by atoms with Gasteiger partial charge >= 0.3 is 0 Å². The molecule has 19 heavy (non-hydrogen) atoms. The topological polar surface area (TPSA) is 77.2 Å². The van der Waals surface area contributed by atoms with Crippen molar-refractivity contribution in [2.24, 2.45) is 5.73 Å². The summed E-state index contributed by atoms with van der Waals surface area (Å²) < 4.78 is 5.53. The molecule has 110 valence electrons. The van der Waals surface area contributed by atoms with Crippen LogP contribution in [0.5, 0.6) is 5.75 Å². The highest BCUT2D eigenvalue weighted by molar-refractivity contribution is 5.95. The zero-order chi connectivity index (χ0) is 12.8. The van der Waals surface area contributed by atoms with E-state index in [1.807, 2.05) is 20.8 Å². The van der Waals surface area contributed by atoms with Crippen LogP contribution in [0.15, 0.2) is 18.3 Å². The number of nitrogens with zero attached hydrogens (tertiary/aromatic N) is 1. The molecule has 1 aromatic rings. The summed E-state index contributed by atoms with van der Waals surface area (Å²) in [7, 11) is 0. The first-order chi connectivity index (χ1) is 8.04. The zero-order valence-corrected chi connectivity index (χ0v) is 12.9. The summed E-state index contributed by atoms with van der Waals surface area (Å²) in [6.07, 6.45) is 1.56. The SMILES string of the molecule is CC(C)Oc1cccnc1C(=O)N[C@@H](C)CN.Cl.Cl. The number of hydrogen-bond donors (Lipinski definition) is 2. The van der Waals surface area contributed by atoms with Gasteiger partial charge in [0.1, 0.15) is 0 Å². The second-order valence-corrected chi connectivity index (χ2v) is 4.13. The first-order valence-corrected chi connectivity index (χ1v) is 5.67. The smallest absolute Gasteiger partial charge is 0.273 e. The third-order valence-electron chi connectivity index (χ3n) is 2.08. The number of hydrogen-bond acceptors (Lipinski definition) is 4. The van der Waals surface area contributed by atoms with Crippen LogP contribution in [0.3, 0.4) is 0 Å². The summed E-state index contributed by atoms with van der Waals surface area (Å²) in [6.45, 7) is 6.02. The lowest BCUT2D eigenvalue weighted by Crippen LogP contribution is -2.38. The Morgan fingerprint density at radius 3 is 2.58 bits per heavy atom. The van der Waals surface area contributed by atoms with Crippen molar-refractivity contribution in [3.63, 3.8) is 0 Å². The van der Waals surface area contributed by atoms with Crippen LogP contribution < -0.4 is 15.8 Å². The normalized spacial score (nSPS) is 11.0. The van der Waals surface area contributed by atoms with E-state index in [2.05, 4.69) is 10.3 Å². The van der Waals surface area contributed by atoms with Crippen LogP contribution in [-0.4, -0.2) is 29.6 Å². The Morgan fingerprint density at radius 2 is 2.05 bits per heavy atom. The molecule has 1 heterocycles. The van der Waals surface area contributed by atoms with Crippen molar-refractivity contribution in [1.82, 2.24) is 10.3 Å². The van der Waals surface area contributed by atoms with Gasteiger partial charge in [-0.3, -0.25) is 4.79 Å². The summed E-state index contributed by atoms with van der Waals surface area (Å²) in [5.41, 5.74) is 5.74. The van der Waals surface area contributed by atoms with Crippen molar-refractivity contribution in [2.75, 3.05) is 6.54 Å². The third kappa shape index (κ3) is 6.61. The predicted octanol–water partition coefficient (Wildman–Crippen LogP) is 1.79. The van der Waals surface area contributed by atoms with Crippen molar-refractivity contribution in [2.45, 2.75) is 32.9 Å². The Kier molecular flexibility index (Phi) is 10.5. The molecular formula is C12H21Cl2N3O2. The van der Waals surface area contributed by atoms with Gasteiger partial charge in [0.25, 0.3) is 5.91 Å². The van der Waals surface area contributed by atoms with Gasteiger partial charge in [-0.05, 0) is 32.9 Å². The maximum Gasteiger partial charge on any atom is 0.273 e. The molecule has 1 aromatic heterocycles. The summed E-state index contributed by atoms with van der Waals surface area (Å²) in [5, 5.41) is 2.75. The molecule has 0 fully saturated rings. The van der Waals surface area contributed by atoms with Gasteiger partial charge in [-0.1, -0.05) is 0 Å². The number of nitrogens with one attached hydrogen (secondary N) is 1. The Morgan fingerprint density at radius 1 is 1.42 bits per heavy atom. The Balaban J connectivity index is 0. The fraction of sp³-hybridized carbons (Fsp3) is 0.500. The standard InChI is InChI=1S/C12H19N3O2.2ClH/c1-8(2)17-10-5-4-6-14-11(10)12(16)15-9(3)7-13;;/h4-6,8-9H,7,13H2,1-3H3,(H,15,16);2*1H/t9-;;/m0../s1. The van der Waals surface area contributed by atoms with Crippen molar-refractivity contribution in [3.05, 3.63) is 24.0 Å². The molecule has 0 aliphatic rings. The van der Waals surface area contributed by atoms with E-state index in [4.69, 9.17) is 10.5 Å². The lowest BCUT2D eigenvalue weighted by molar-refractivity contribution is 0.0929. The summed E-state index contributed by atoms with van der Waals surface area (Å²) >= 11 is 0. The van der Waals surface area contributed by atoms with E-state index >= 15 is 0 Å². The molecule has 3 N–H and O–H groups in total. The number of halogens is 2. The van der Waals surface area contributed by atoms with Crippen LogP contribution in [0.2, 0.25) is 0 Å². The molecule has 0 aromatic carbocycles. The second-order valence-electron chi connectivity index (χ2n) is 4.13. The lowest BCUT2D eigenvalue weighted by atomic mass is 10.2. The van der Waals surface area contributed by atoms with Gasteiger partial charge in [0.2, 0.25) is 0 Å². The molecule has 5 nitrogen and oxygen atoms in total.